The smallest absolute Gasteiger partial charge is 0.422 e. The quantitative estimate of drug-likeness (QED) is 0.875. The van der Waals surface area contributed by atoms with Crippen LogP contribution in [0.2, 0.25) is 0 Å². The maximum absolute atomic E-state index is 12.2. The maximum Gasteiger partial charge on any atom is 0.422 e. The Kier molecular flexibility index (Phi) is 4.64. The first-order valence-corrected chi connectivity index (χ1v) is 8.60. The molecular weight excluding hydrogens is 351 g/mol. The number of carbonyl (C=O) groups excluding carboxylic acids is 1. The van der Waals surface area contributed by atoms with Gasteiger partial charge in [-0.2, -0.15) is 13.2 Å². The average Bonchev–Trinajstić information content (AvgIpc) is 3.12. The number of benzene rings is 1. The second-order valence-corrected chi connectivity index (χ2v) is 6.87. The number of hydrogen-bond donors (Lipinski definition) is 2. The molecule has 0 saturated carbocycles. The number of anilines is 1. The molecule has 1 aromatic carbocycles. The van der Waals surface area contributed by atoms with Gasteiger partial charge in [0, 0.05) is 11.6 Å². The van der Waals surface area contributed by atoms with Gasteiger partial charge in [-0.05, 0) is 18.2 Å². The fourth-order valence-electron chi connectivity index (χ4n) is 1.97. The normalized spacial score (nSPS) is 18.3. The van der Waals surface area contributed by atoms with Crippen molar-refractivity contribution in [3.05, 3.63) is 18.2 Å². The van der Waals surface area contributed by atoms with Gasteiger partial charge in [-0.3, -0.25) is 10.1 Å². The molecule has 124 valence electrons. The summed E-state index contributed by atoms with van der Waals surface area (Å²) < 4.78 is 41.8. The van der Waals surface area contributed by atoms with E-state index in [2.05, 4.69) is 15.6 Å². The Labute approximate surface area is 137 Å². The van der Waals surface area contributed by atoms with Gasteiger partial charge in [-0.25, -0.2) is 4.98 Å². The third-order valence-corrected chi connectivity index (χ3v) is 4.90. The fourth-order valence-corrected chi connectivity index (χ4v) is 3.81. The monoisotopic (exact) mass is 363 g/mol. The predicted molar refractivity (Wildman–Crippen MR) is 84.0 cm³/mol. The fraction of sp³-hybridized carbons (Fsp3) is 0.385. The van der Waals surface area contributed by atoms with Gasteiger partial charge >= 0.3 is 6.18 Å². The van der Waals surface area contributed by atoms with Crippen molar-refractivity contribution in [2.45, 2.75) is 12.2 Å². The summed E-state index contributed by atoms with van der Waals surface area (Å²) in [5, 5.41) is 6.19. The summed E-state index contributed by atoms with van der Waals surface area (Å²) >= 11 is 2.83. The Morgan fingerprint density at radius 1 is 1.48 bits per heavy atom. The van der Waals surface area contributed by atoms with Gasteiger partial charge in [0.2, 0.25) is 5.91 Å². The molecule has 1 fully saturated rings. The van der Waals surface area contributed by atoms with Gasteiger partial charge in [0.05, 0.1) is 16.3 Å². The maximum atomic E-state index is 12.2. The number of fused-ring (bicyclic) bond motifs is 1. The summed E-state index contributed by atoms with van der Waals surface area (Å²) in [6, 6.07) is 4.22. The van der Waals surface area contributed by atoms with Crippen molar-refractivity contribution in [3.63, 3.8) is 0 Å². The molecule has 23 heavy (non-hydrogen) atoms. The highest BCUT2D eigenvalue weighted by molar-refractivity contribution is 7.99. The van der Waals surface area contributed by atoms with Crippen LogP contribution in [0.5, 0.6) is 5.75 Å². The van der Waals surface area contributed by atoms with E-state index in [1.54, 1.807) is 17.8 Å². The van der Waals surface area contributed by atoms with E-state index in [0.717, 1.165) is 5.88 Å². The minimum atomic E-state index is -4.38. The third kappa shape index (κ3) is 4.27. The van der Waals surface area contributed by atoms with Gasteiger partial charge in [0.25, 0.3) is 0 Å². The van der Waals surface area contributed by atoms with Gasteiger partial charge < -0.3 is 10.1 Å². The van der Waals surface area contributed by atoms with E-state index in [-0.39, 0.29) is 17.7 Å². The highest BCUT2D eigenvalue weighted by Gasteiger charge is 2.28. The second-order valence-electron chi connectivity index (χ2n) is 4.81. The lowest BCUT2D eigenvalue weighted by Crippen LogP contribution is -2.37. The van der Waals surface area contributed by atoms with Gasteiger partial charge in [0.15, 0.2) is 11.7 Å². The van der Waals surface area contributed by atoms with Crippen LogP contribution in [0, 0.1) is 0 Å². The van der Waals surface area contributed by atoms with Crippen molar-refractivity contribution in [3.8, 4) is 5.75 Å². The summed E-state index contributed by atoms with van der Waals surface area (Å²) in [6.07, 6.45) is -4.38. The van der Waals surface area contributed by atoms with Crippen LogP contribution in [0.15, 0.2) is 18.2 Å². The van der Waals surface area contributed by atoms with Crippen molar-refractivity contribution in [1.29, 1.82) is 0 Å². The zero-order chi connectivity index (χ0) is 16.4. The van der Waals surface area contributed by atoms with Crippen molar-refractivity contribution >= 4 is 44.4 Å². The van der Waals surface area contributed by atoms with E-state index in [1.807, 2.05) is 0 Å². The van der Waals surface area contributed by atoms with Crippen LogP contribution in [-0.4, -0.2) is 41.3 Å². The van der Waals surface area contributed by atoms with E-state index in [9.17, 15) is 18.0 Å². The average molecular weight is 363 g/mol. The van der Waals surface area contributed by atoms with Crippen LogP contribution in [0.25, 0.3) is 10.2 Å². The molecule has 2 N–H and O–H groups in total. The molecule has 5 nitrogen and oxygen atoms in total. The molecular formula is C13H12F3N3O2S2. The van der Waals surface area contributed by atoms with Crippen LogP contribution in [0.1, 0.15) is 0 Å². The SMILES string of the molecule is O=C(Nc1nc2ccc(OCC(F)(F)F)cc2s1)C1CSCN1. The molecule has 0 spiro atoms. The predicted octanol–water partition coefficient (Wildman–Crippen LogP) is 2.84. The number of halogens is 3. The number of ether oxygens (including phenoxy) is 1. The molecule has 0 aliphatic carbocycles. The molecule has 1 unspecified atom stereocenters. The van der Waals surface area contributed by atoms with Crippen molar-refractivity contribution < 1.29 is 22.7 Å². The number of carbonyl (C=O) groups is 1. The molecule has 1 aliphatic heterocycles. The molecule has 2 heterocycles. The molecule has 2 aromatic rings. The number of thiazole rings is 1. The Hall–Kier alpha value is -1.52. The van der Waals surface area contributed by atoms with E-state index < -0.39 is 12.8 Å². The van der Waals surface area contributed by atoms with Gasteiger partial charge in [0.1, 0.15) is 5.75 Å². The summed E-state index contributed by atoms with van der Waals surface area (Å²) in [4.78, 5) is 16.2. The lowest BCUT2D eigenvalue weighted by Gasteiger charge is -2.08. The zero-order valence-corrected chi connectivity index (χ0v) is 13.3. The van der Waals surface area contributed by atoms with E-state index >= 15 is 0 Å². The number of thioether (sulfide) groups is 1. The van der Waals surface area contributed by atoms with Crippen LogP contribution >= 0.6 is 23.1 Å². The lowest BCUT2D eigenvalue weighted by atomic mass is 10.3. The Morgan fingerprint density at radius 2 is 2.30 bits per heavy atom. The summed E-state index contributed by atoms with van der Waals surface area (Å²) in [5.74, 6) is 1.39. The first kappa shape index (κ1) is 16.3. The molecule has 1 atom stereocenters. The van der Waals surface area contributed by atoms with E-state index in [0.29, 0.717) is 21.1 Å². The van der Waals surface area contributed by atoms with E-state index in [1.165, 1.54) is 23.5 Å². The molecule has 3 rings (SSSR count). The molecule has 1 aliphatic rings. The molecule has 10 heteroatoms. The Morgan fingerprint density at radius 3 is 3.00 bits per heavy atom. The van der Waals surface area contributed by atoms with Crippen molar-refractivity contribution in [2.24, 2.45) is 0 Å². The lowest BCUT2D eigenvalue weighted by molar-refractivity contribution is -0.153. The van der Waals surface area contributed by atoms with Gasteiger partial charge in [-0.1, -0.05) is 11.3 Å². The molecule has 1 amide bonds. The van der Waals surface area contributed by atoms with Crippen molar-refractivity contribution in [1.82, 2.24) is 10.3 Å². The Bertz CT molecular complexity index is 714. The van der Waals surface area contributed by atoms with Crippen LogP contribution in [0.4, 0.5) is 18.3 Å². The first-order valence-electron chi connectivity index (χ1n) is 6.63. The number of alkyl halides is 3. The van der Waals surface area contributed by atoms with Crippen LogP contribution in [-0.2, 0) is 4.79 Å². The molecule has 1 aromatic heterocycles. The van der Waals surface area contributed by atoms with Crippen molar-refractivity contribution in [2.75, 3.05) is 23.6 Å². The number of aromatic nitrogens is 1. The topological polar surface area (TPSA) is 63.2 Å². The highest BCUT2D eigenvalue weighted by Crippen LogP contribution is 2.30. The number of nitrogens with one attached hydrogen (secondary N) is 2. The number of amides is 1. The second kappa shape index (κ2) is 6.54. The zero-order valence-electron chi connectivity index (χ0n) is 11.6. The number of rotatable bonds is 4. The highest BCUT2D eigenvalue weighted by atomic mass is 32.2. The number of nitrogens with zero attached hydrogens (tertiary/aromatic N) is 1. The minimum absolute atomic E-state index is 0.116. The van der Waals surface area contributed by atoms with Crippen LogP contribution < -0.4 is 15.4 Å². The van der Waals surface area contributed by atoms with Gasteiger partial charge in [-0.15, -0.1) is 11.8 Å². The standard InChI is InChI=1S/C13H12F3N3O2S2/c14-13(15,16)5-21-7-1-2-8-10(3-7)23-12(18-8)19-11(20)9-4-22-6-17-9/h1-3,9,17H,4-6H2,(H,18,19,20). The largest absolute Gasteiger partial charge is 0.484 e. The Balaban J connectivity index is 1.70. The molecule has 0 radical (unpaired) electrons. The molecule has 0 bridgehead atoms. The van der Waals surface area contributed by atoms with E-state index in [4.69, 9.17) is 4.74 Å². The first-order chi connectivity index (χ1) is 10.9. The summed E-state index contributed by atoms with van der Waals surface area (Å²) in [7, 11) is 0. The summed E-state index contributed by atoms with van der Waals surface area (Å²) in [6.45, 7) is -1.34. The third-order valence-electron chi connectivity index (χ3n) is 3.03. The minimum Gasteiger partial charge on any atom is -0.484 e. The van der Waals surface area contributed by atoms with Crippen LogP contribution in [0.3, 0.4) is 0 Å². The number of hydrogen-bond acceptors (Lipinski definition) is 6. The summed E-state index contributed by atoms with van der Waals surface area (Å²) in [5.41, 5.74) is 0.596. The molecule has 1 saturated heterocycles.